The predicted molar refractivity (Wildman–Crippen MR) is 92.4 cm³/mol. The summed E-state index contributed by atoms with van der Waals surface area (Å²) in [5, 5.41) is 9.85. The van der Waals surface area contributed by atoms with Gasteiger partial charge in [-0.25, -0.2) is 13.1 Å². The van der Waals surface area contributed by atoms with Crippen molar-refractivity contribution in [3.05, 3.63) is 52.7 Å². The van der Waals surface area contributed by atoms with Crippen LogP contribution in [0.2, 0.25) is 0 Å². The van der Waals surface area contributed by atoms with E-state index in [4.69, 9.17) is 4.42 Å². The average molecular weight is 363 g/mol. The Hall–Kier alpha value is -2.03. The molecule has 3 rings (SSSR count). The zero-order valence-corrected chi connectivity index (χ0v) is 14.9. The lowest BCUT2D eigenvalue weighted by atomic mass is 10.2. The Morgan fingerprint density at radius 3 is 2.79 bits per heavy atom. The molecule has 126 valence electrons. The number of benzene rings is 1. The second-order valence-corrected chi connectivity index (χ2v) is 8.08. The first-order chi connectivity index (χ1) is 11.5. The quantitative estimate of drug-likeness (QED) is 0.728. The molecule has 24 heavy (non-hydrogen) atoms. The molecule has 0 fully saturated rings. The van der Waals surface area contributed by atoms with Crippen molar-refractivity contribution in [2.45, 2.75) is 25.2 Å². The van der Waals surface area contributed by atoms with Gasteiger partial charge in [0.1, 0.15) is 0 Å². The van der Waals surface area contributed by atoms with E-state index < -0.39 is 10.0 Å². The van der Waals surface area contributed by atoms with E-state index >= 15 is 0 Å². The second kappa shape index (κ2) is 6.84. The summed E-state index contributed by atoms with van der Waals surface area (Å²) >= 11 is 1.51. The first-order valence-electron chi connectivity index (χ1n) is 7.39. The van der Waals surface area contributed by atoms with Gasteiger partial charge in [-0.3, -0.25) is 0 Å². The van der Waals surface area contributed by atoms with Crippen LogP contribution < -0.4 is 4.72 Å². The molecular formula is C16H17N3O3S2. The van der Waals surface area contributed by atoms with Crippen LogP contribution in [0.25, 0.3) is 10.8 Å². The van der Waals surface area contributed by atoms with Crippen molar-refractivity contribution in [3.8, 4) is 10.8 Å². The van der Waals surface area contributed by atoms with E-state index in [2.05, 4.69) is 14.9 Å². The Labute approximate surface area is 144 Å². The molecule has 6 nitrogen and oxygen atoms in total. The number of hydrogen-bond acceptors (Lipinski definition) is 6. The molecule has 0 saturated carbocycles. The number of sulfonamides is 1. The summed E-state index contributed by atoms with van der Waals surface area (Å²) in [4.78, 5) is 1.19. The summed E-state index contributed by atoms with van der Waals surface area (Å²) in [7, 11) is -3.56. The monoisotopic (exact) mass is 363 g/mol. The van der Waals surface area contributed by atoms with Crippen LogP contribution in [0, 0.1) is 13.8 Å². The molecule has 2 aromatic heterocycles. The van der Waals surface area contributed by atoms with E-state index in [0.717, 1.165) is 10.4 Å². The first kappa shape index (κ1) is 16.8. The minimum Gasteiger partial charge on any atom is -0.420 e. The molecule has 1 N–H and O–H groups in total. The summed E-state index contributed by atoms with van der Waals surface area (Å²) in [5.74, 6) is 0.861. The maximum absolute atomic E-state index is 12.4. The van der Waals surface area contributed by atoms with Crippen LogP contribution in [0.15, 0.2) is 45.0 Å². The van der Waals surface area contributed by atoms with Gasteiger partial charge in [0.15, 0.2) is 0 Å². The molecule has 8 heteroatoms. The number of aryl methyl sites for hydroxylation is 2. The van der Waals surface area contributed by atoms with E-state index in [1.165, 1.54) is 11.3 Å². The van der Waals surface area contributed by atoms with Crippen molar-refractivity contribution < 1.29 is 12.8 Å². The highest BCUT2D eigenvalue weighted by Crippen LogP contribution is 2.23. The Kier molecular flexibility index (Phi) is 4.79. The SMILES string of the molecule is Cc1ccc(C)c(S(=O)(=O)NCCc2nnc(-c3cccs3)o2)c1. The van der Waals surface area contributed by atoms with Crippen LogP contribution in [-0.4, -0.2) is 25.2 Å². The Bertz CT molecular complexity index is 931. The zero-order chi connectivity index (χ0) is 17.2. The maximum atomic E-state index is 12.4. The smallest absolute Gasteiger partial charge is 0.257 e. The molecule has 0 aliphatic carbocycles. The molecule has 3 aromatic rings. The summed E-state index contributed by atoms with van der Waals surface area (Å²) < 4.78 is 33.0. The lowest BCUT2D eigenvalue weighted by molar-refractivity contribution is 0.503. The number of rotatable bonds is 6. The fraction of sp³-hybridized carbons (Fsp3) is 0.250. The van der Waals surface area contributed by atoms with Crippen LogP contribution in [0.4, 0.5) is 0 Å². The fourth-order valence-electron chi connectivity index (χ4n) is 2.22. The van der Waals surface area contributed by atoms with Crippen LogP contribution in [0.5, 0.6) is 0 Å². The number of nitrogens with zero attached hydrogens (tertiary/aromatic N) is 2. The molecule has 0 amide bonds. The van der Waals surface area contributed by atoms with E-state index in [-0.39, 0.29) is 6.54 Å². The van der Waals surface area contributed by atoms with Crippen LogP contribution in [-0.2, 0) is 16.4 Å². The van der Waals surface area contributed by atoms with Gasteiger partial charge in [0.2, 0.25) is 15.9 Å². The number of aromatic nitrogens is 2. The molecule has 0 aliphatic heterocycles. The van der Waals surface area contributed by atoms with Crippen LogP contribution in [0.1, 0.15) is 17.0 Å². The van der Waals surface area contributed by atoms with Crippen LogP contribution >= 0.6 is 11.3 Å². The topological polar surface area (TPSA) is 85.1 Å². The van der Waals surface area contributed by atoms with Gasteiger partial charge < -0.3 is 4.42 Å². The van der Waals surface area contributed by atoms with Gasteiger partial charge in [-0.15, -0.1) is 21.5 Å². The highest BCUT2D eigenvalue weighted by atomic mass is 32.2. The average Bonchev–Trinajstić information content (AvgIpc) is 3.20. The van der Waals surface area contributed by atoms with E-state index in [0.29, 0.717) is 28.7 Å². The summed E-state index contributed by atoms with van der Waals surface area (Å²) in [6.07, 6.45) is 0.336. The largest absolute Gasteiger partial charge is 0.420 e. The normalized spacial score (nSPS) is 11.8. The van der Waals surface area contributed by atoms with Gasteiger partial charge in [0, 0.05) is 13.0 Å². The Balaban J connectivity index is 1.64. The fourth-order valence-corrected chi connectivity index (χ4v) is 4.22. The minimum absolute atomic E-state index is 0.196. The van der Waals surface area contributed by atoms with Gasteiger partial charge in [-0.2, -0.15) is 0 Å². The van der Waals surface area contributed by atoms with Crippen molar-refractivity contribution in [2.24, 2.45) is 0 Å². The molecule has 0 aliphatic rings. The van der Waals surface area contributed by atoms with Crippen LogP contribution in [0.3, 0.4) is 0 Å². The Morgan fingerprint density at radius 1 is 1.21 bits per heavy atom. The van der Waals surface area contributed by atoms with Gasteiger partial charge in [-0.05, 0) is 42.5 Å². The molecule has 0 bridgehead atoms. The molecule has 1 aromatic carbocycles. The molecule has 0 saturated heterocycles. The molecule has 0 spiro atoms. The van der Waals surface area contributed by atoms with E-state index in [9.17, 15) is 8.42 Å². The summed E-state index contributed by atoms with van der Waals surface area (Å²) in [6.45, 7) is 3.84. The van der Waals surface area contributed by atoms with Gasteiger partial charge in [-0.1, -0.05) is 18.2 Å². The standard InChI is InChI=1S/C16H17N3O3S2/c1-11-5-6-12(2)14(10-11)24(20,21)17-8-7-15-18-19-16(22-15)13-4-3-9-23-13/h3-6,9-10,17H,7-8H2,1-2H3. The molecule has 0 unspecified atom stereocenters. The highest BCUT2D eigenvalue weighted by Gasteiger charge is 2.17. The van der Waals surface area contributed by atoms with Crippen molar-refractivity contribution in [1.82, 2.24) is 14.9 Å². The van der Waals surface area contributed by atoms with Crippen molar-refractivity contribution in [3.63, 3.8) is 0 Å². The molecular weight excluding hydrogens is 346 g/mol. The third-order valence-electron chi connectivity index (χ3n) is 3.46. The summed E-state index contributed by atoms with van der Waals surface area (Å²) in [6, 6.07) is 9.15. The third-order valence-corrected chi connectivity index (χ3v) is 5.92. The molecule has 2 heterocycles. The van der Waals surface area contributed by atoms with E-state index in [1.54, 1.807) is 19.1 Å². The van der Waals surface area contributed by atoms with E-state index in [1.807, 2.05) is 30.5 Å². The van der Waals surface area contributed by atoms with Gasteiger partial charge >= 0.3 is 0 Å². The second-order valence-electron chi connectivity index (χ2n) is 5.39. The zero-order valence-electron chi connectivity index (χ0n) is 13.3. The van der Waals surface area contributed by atoms with Gasteiger partial charge in [0.05, 0.1) is 9.77 Å². The molecule has 0 radical (unpaired) electrons. The Morgan fingerprint density at radius 2 is 2.04 bits per heavy atom. The van der Waals surface area contributed by atoms with Crippen molar-refractivity contribution >= 4 is 21.4 Å². The predicted octanol–water partition coefficient (Wildman–Crippen LogP) is 2.94. The number of hydrogen-bond donors (Lipinski definition) is 1. The van der Waals surface area contributed by atoms with Crippen molar-refractivity contribution in [2.75, 3.05) is 6.54 Å². The molecule has 0 atom stereocenters. The van der Waals surface area contributed by atoms with Gasteiger partial charge in [0.25, 0.3) is 5.89 Å². The highest BCUT2D eigenvalue weighted by molar-refractivity contribution is 7.89. The summed E-state index contributed by atoms with van der Waals surface area (Å²) in [5.41, 5.74) is 1.62. The van der Waals surface area contributed by atoms with Crippen molar-refractivity contribution in [1.29, 1.82) is 0 Å². The number of thiophene rings is 1. The lowest BCUT2D eigenvalue weighted by Crippen LogP contribution is -2.26. The maximum Gasteiger partial charge on any atom is 0.257 e. The lowest BCUT2D eigenvalue weighted by Gasteiger charge is -2.09. The number of nitrogens with one attached hydrogen (secondary N) is 1. The third kappa shape index (κ3) is 3.72. The first-order valence-corrected chi connectivity index (χ1v) is 9.75. The minimum atomic E-state index is -3.56.